The fourth-order valence-corrected chi connectivity index (χ4v) is 1.29. The molecule has 0 aromatic heterocycles. The van der Waals surface area contributed by atoms with Crippen molar-refractivity contribution in [3.8, 4) is 6.07 Å². The Morgan fingerprint density at radius 1 is 1.75 bits per heavy atom. The lowest BCUT2D eigenvalue weighted by molar-refractivity contribution is 0.813. The molecule has 0 aromatic rings. The van der Waals surface area contributed by atoms with Gasteiger partial charge in [0.05, 0.1) is 6.07 Å². The molecule has 1 aliphatic rings. The smallest absolute Gasteiger partial charge is 0.142 e. The molecule has 1 N–H and O–H groups in total. The average Bonchev–Trinajstić information content (AvgIpc) is 2.14. The van der Waals surface area contributed by atoms with Crippen LogP contribution in [-0.4, -0.2) is 17.7 Å². The molecule has 1 heterocycles. The first-order valence-corrected chi connectivity index (χ1v) is 3.23. The molecule has 1 fully saturated rings. The summed E-state index contributed by atoms with van der Waals surface area (Å²) in [5.74, 6) is 1.08. The minimum atomic E-state index is 0. The van der Waals surface area contributed by atoms with Gasteiger partial charge in [0.1, 0.15) is 5.37 Å². The van der Waals surface area contributed by atoms with Crippen LogP contribution in [0.25, 0.3) is 0 Å². The first-order chi connectivity index (χ1) is 3.43. The zero-order chi connectivity index (χ0) is 5.11. The number of hydrogen-bond donors (Lipinski definition) is 1. The third-order valence-corrected chi connectivity index (χ3v) is 1.88. The van der Waals surface area contributed by atoms with Gasteiger partial charge in [0, 0.05) is 12.3 Å². The first kappa shape index (κ1) is 8.09. The number of hydrogen-bond acceptors (Lipinski definition) is 3. The first-order valence-electron chi connectivity index (χ1n) is 2.18. The van der Waals surface area contributed by atoms with E-state index in [1.807, 2.05) is 0 Å². The summed E-state index contributed by atoms with van der Waals surface area (Å²) in [4.78, 5) is 0. The summed E-state index contributed by atoms with van der Waals surface area (Å²) in [5.41, 5.74) is 0. The van der Waals surface area contributed by atoms with Crippen LogP contribution < -0.4 is 5.32 Å². The van der Waals surface area contributed by atoms with Crippen molar-refractivity contribution < 1.29 is 0 Å². The van der Waals surface area contributed by atoms with Gasteiger partial charge >= 0.3 is 0 Å². The third kappa shape index (κ3) is 1.91. The molecule has 1 rings (SSSR count). The van der Waals surface area contributed by atoms with Gasteiger partial charge in [0.15, 0.2) is 0 Å². The van der Waals surface area contributed by atoms with E-state index in [9.17, 15) is 0 Å². The molecule has 0 amide bonds. The molecule has 0 aliphatic carbocycles. The summed E-state index contributed by atoms with van der Waals surface area (Å²) in [5, 5.41) is 11.3. The molecule has 1 atom stereocenters. The molecule has 1 aliphatic heterocycles. The van der Waals surface area contributed by atoms with Gasteiger partial charge in [-0.15, -0.1) is 24.2 Å². The van der Waals surface area contributed by atoms with E-state index in [2.05, 4.69) is 11.4 Å². The lowest BCUT2D eigenvalue weighted by Gasteiger charge is -1.90. The highest BCUT2D eigenvalue weighted by Crippen LogP contribution is 2.11. The van der Waals surface area contributed by atoms with Crippen LogP contribution in [-0.2, 0) is 0 Å². The number of nitrogens with zero attached hydrogens (tertiary/aromatic N) is 1. The summed E-state index contributed by atoms with van der Waals surface area (Å²) < 4.78 is 0. The van der Waals surface area contributed by atoms with E-state index in [0.717, 1.165) is 12.3 Å². The Bertz CT molecular complexity index is 94.7. The van der Waals surface area contributed by atoms with Gasteiger partial charge in [-0.05, 0) is 0 Å². The van der Waals surface area contributed by atoms with Crippen molar-refractivity contribution in [2.45, 2.75) is 5.37 Å². The molecule has 2 nitrogen and oxygen atoms in total. The maximum absolute atomic E-state index is 8.23. The Balaban J connectivity index is 0.000000490. The average molecular weight is 151 g/mol. The van der Waals surface area contributed by atoms with Crippen molar-refractivity contribution in [1.29, 1.82) is 5.26 Å². The van der Waals surface area contributed by atoms with E-state index >= 15 is 0 Å². The highest BCUT2D eigenvalue weighted by atomic mass is 35.5. The number of halogens is 1. The second kappa shape index (κ2) is 4.02. The van der Waals surface area contributed by atoms with Gasteiger partial charge in [-0.1, -0.05) is 0 Å². The standard InChI is InChI=1S/C4H6N2S.ClH/c5-3-4-6-1-2-7-4;/h4,6H,1-2H2;1H. The second-order valence-corrected chi connectivity index (χ2v) is 2.55. The maximum Gasteiger partial charge on any atom is 0.142 e. The van der Waals surface area contributed by atoms with E-state index in [1.165, 1.54) is 0 Å². The van der Waals surface area contributed by atoms with E-state index in [0.29, 0.717) is 0 Å². The number of thioether (sulfide) groups is 1. The zero-order valence-electron chi connectivity index (χ0n) is 4.26. The molecule has 1 unspecified atom stereocenters. The minimum absolute atomic E-state index is 0. The Morgan fingerprint density at radius 2 is 2.50 bits per heavy atom. The monoisotopic (exact) mass is 150 g/mol. The molecule has 0 saturated carbocycles. The lowest BCUT2D eigenvalue weighted by atomic mass is 10.6. The van der Waals surface area contributed by atoms with Crippen LogP contribution in [0.5, 0.6) is 0 Å². The highest BCUT2D eigenvalue weighted by Gasteiger charge is 2.11. The predicted molar refractivity (Wildman–Crippen MR) is 37.1 cm³/mol. The molecule has 0 spiro atoms. The fourth-order valence-electron chi connectivity index (χ4n) is 0.509. The van der Waals surface area contributed by atoms with Gasteiger partial charge in [0.25, 0.3) is 0 Å². The minimum Gasteiger partial charge on any atom is -0.293 e. The molecular weight excluding hydrogens is 144 g/mol. The zero-order valence-corrected chi connectivity index (χ0v) is 5.89. The maximum atomic E-state index is 8.23. The van der Waals surface area contributed by atoms with Crippen LogP contribution in [0, 0.1) is 11.3 Å². The quantitative estimate of drug-likeness (QED) is 0.549. The second-order valence-electron chi connectivity index (χ2n) is 1.33. The Kier molecular flexibility index (Phi) is 4.06. The van der Waals surface area contributed by atoms with Crippen LogP contribution in [0.1, 0.15) is 0 Å². The van der Waals surface area contributed by atoms with Gasteiger partial charge < -0.3 is 0 Å². The topological polar surface area (TPSA) is 35.8 Å². The molecular formula is C4H7ClN2S. The highest BCUT2D eigenvalue weighted by molar-refractivity contribution is 8.00. The van der Waals surface area contributed by atoms with Crippen LogP contribution in [0.2, 0.25) is 0 Å². The molecule has 0 radical (unpaired) electrons. The molecule has 0 aromatic carbocycles. The van der Waals surface area contributed by atoms with Crippen LogP contribution in [0.3, 0.4) is 0 Å². The van der Waals surface area contributed by atoms with E-state index < -0.39 is 0 Å². The largest absolute Gasteiger partial charge is 0.293 e. The van der Waals surface area contributed by atoms with Crippen molar-refractivity contribution in [3.05, 3.63) is 0 Å². The number of nitriles is 1. The SMILES string of the molecule is Cl.N#CC1NCCS1. The van der Waals surface area contributed by atoms with Crippen molar-refractivity contribution in [3.63, 3.8) is 0 Å². The third-order valence-electron chi connectivity index (χ3n) is 0.834. The molecule has 1 saturated heterocycles. The fraction of sp³-hybridized carbons (Fsp3) is 0.750. The Labute approximate surface area is 59.0 Å². The Hall–Kier alpha value is 0.0900. The van der Waals surface area contributed by atoms with Gasteiger partial charge in [-0.2, -0.15) is 5.26 Å². The number of rotatable bonds is 0. The molecule has 0 bridgehead atoms. The number of nitrogens with one attached hydrogen (secondary N) is 1. The summed E-state index contributed by atoms with van der Waals surface area (Å²) in [6.07, 6.45) is 0. The van der Waals surface area contributed by atoms with Gasteiger partial charge in [-0.25, -0.2) is 0 Å². The van der Waals surface area contributed by atoms with Gasteiger partial charge in [0.2, 0.25) is 0 Å². The van der Waals surface area contributed by atoms with Crippen molar-refractivity contribution >= 4 is 24.2 Å². The van der Waals surface area contributed by atoms with Crippen molar-refractivity contribution in [1.82, 2.24) is 5.32 Å². The predicted octanol–water partition coefficient (Wildman–Crippen LogP) is 0.594. The summed E-state index contributed by atoms with van der Waals surface area (Å²) in [6.45, 7) is 0.989. The van der Waals surface area contributed by atoms with Gasteiger partial charge in [-0.3, -0.25) is 5.32 Å². The lowest BCUT2D eigenvalue weighted by Crippen LogP contribution is -2.16. The summed E-state index contributed by atoms with van der Waals surface area (Å²) in [7, 11) is 0. The molecule has 4 heteroatoms. The molecule has 46 valence electrons. The van der Waals surface area contributed by atoms with E-state index in [4.69, 9.17) is 5.26 Å². The normalized spacial score (nSPS) is 26.1. The van der Waals surface area contributed by atoms with Crippen LogP contribution >= 0.6 is 24.2 Å². The summed E-state index contributed by atoms with van der Waals surface area (Å²) >= 11 is 1.67. The van der Waals surface area contributed by atoms with E-state index in [-0.39, 0.29) is 17.8 Å². The van der Waals surface area contributed by atoms with Crippen LogP contribution in [0.15, 0.2) is 0 Å². The van der Waals surface area contributed by atoms with Crippen LogP contribution in [0.4, 0.5) is 0 Å². The molecule has 8 heavy (non-hydrogen) atoms. The van der Waals surface area contributed by atoms with E-state index in [1.54, 1.807) is 11.8 Å². The van der Waals surface area contributed by atoms with Crippen molar-refractivity contribution in [2.75, 3.05) is 12.3 Å². The summed E-state index contributed by atoms with van der Waals surface area (Å²) in [6, 6.07) is 2.12. The van der Waals surface area contributed by atoms with Crippen molar-refractivity contribution in [2.24, 2.45) is 0 Å². The Morgan fingerprint density at radius 3 is 2.75 bits per heavy atom.